The van der Waals surface area contributed by atoms with Crippen molar-refractivity contribution < 1.29 is 0 Å². The SMILES string of the molecule is CCCn1cncc1CSc1nnc(CN)n1CCC. The predicted octanol–water partition coefficient (Wildman–Crippen LogP) is 2.05. The van der Waals surface area contributed by atoms with Gasteiger partial charge in [0.1, 0.15) is 5.82 Å². The van der Waals surface area contributed by atoms with Crippen LogP contribution in [0.2, 0.25) is 0 Å². The van der Waals surface area contributed by atoms with Crippen LogP contribution in [0.25, 0.3) is 0 Å². The molecule has 2 rings (SSSR count). The third kappa shape index (κ3) is 3.40. The normalized spacial score (nSPS) is 11.2. The van der Waals surface area contributed by atoms with Crippen molar-refractivity contribution in [2.24, 2.45) is 5.73 Å². The minimum absolute atomic E-state index is 0.432. The maximum absolute atomic E-state index is 5.70. The van der Waals surface area contributed by atoms with Crippen molar-refractivity contribution in [3.05, 3.63) is 24.0 Å². The van der Waals surface area contributed by atoms with E-state index in [1.54, 1.807) is 11.8 Å². The lowest BCUT2D eigenvalue weighted by molar-refractivity contribution is 0.592. The van der Waals surface area contributed by atoms with Gasteiger partial charge in [-0.05, 0) is 12.8 Å². The van der Waals surface area contributed by atoms with E-state index in [0.717, 1.165) is 42.7 Å². The van der Waals surface area contributed by atoms with Gasteiger partial charge in [0.25, 0.3) is 0 Å². The summed E-state index contributed by atoms with van der Waals surface area (Å²) in [5, 5.41) is 9.34. The number of hydrogen-bond donors (Lipinski definition) is 1. The molecule has 6 nitrogen and oxygen atoms in total. The first-order valence-corrected chi connectivity index (χ1v) is 8.02. The van der Waals surface area contributed by atoms with Crippen LogP contribution in [0.4, 0.5) is 0 Å². The molecule has 2 aromatic heterocycles. The Morgan fingerprint density at radius 2 is 2.00 bits per heavy atom. The van der Waals surface area contributed by atoms with Crippen LogP contribution >= 0.6 is 11.8 Å². The molecule has 0 saturated heterocycles. The molecule has 110 valence electrons. The summed E-state index contributed by atoms with van der Waals surface area (Å²) in [6.07, 6.45) is 5.97. The van der Waals surface area contributed by atoms with Crippen molar-refractivity contribution in [1.29, 1.82) is 0 Å². The van der Waals surface area contributed by atoms with Gasteiger partial charge in [-0.1, -0.05) is 25.6 Å². The molecule has 0 fully saturated rings. The van der Waals surface area contributed by atoms with Crippen LogP contribution in [0.15, 0.2) is 17.7 Å². The Hall–Kier alpha value is -1.34. The highest BCUT2D eigenvalue weighted by molar-refractivity contribution is 7.98. The number of aryl methyl sites for hydroxylation is 1. The molecule has 2 aromatic rings. The summed E-state index contributed by atoms with van der Waals surface area (Å²) in [5.41, 5.74) is 6.92. The maximum atomic E-state index is 5.70. The van der Waals surface area contributed by atoms with Gasteiger partial charge in [-0.15, -0.1) is 10.2 Å². The molecular formula is C13H22N6S. The van der Waals surface area contributed by atoms with Gasteiger partial charge < -0.3 is 14.9 Å². The number of nitrogens with zero attached hydrogens (tertiary/aromatic N) is 5. The van der Waals surface area contributed by atoms with E-state index >= 15 is 0 Å². The highest BCUT2D eigenvalue weighted by Gasteiger charge is 2.12. The average Bonchev–Trinajstić information content (AvgIpc) is 3.04. The van der Waals surface area contributed by atoms with Gasteiger partial charge in [-0.3, -0.25) is 0 Å². The van der Waals surface area contributed by atoms with Gasteiger partial charge in [0, 0.05) is 30.7 Å². The fourth-order valence-corrected chi connectivity index (χ4v) is 3.04. The number of rotatable bonds is 8. The van der Waals surface area contributed by atoms with Crippen LogP contribution in [-0.4, -0.2) is 24.3 Å². The Bertz CT molecular complexity index is 533. The van der Waals surface area contributed by atoms with Crippen molar-refractivity contribution in [2.45, 2.75) is 57.2 Å². The Labute approximate surface area is 123 Å². The standard InChI is InChI=1S/C13H22N6S/c1-3-5-18-10-15-8-11(18)9-20-13-17-16-12(7-14)19(13)6-4-2/h8,10H,3-7,9,14H2,1-2H3. The Morgan fingerprint density at radius 3 is 2.70 bits per heavy atom. The molecule has 0 bridgehead atoms. The minimum Gasteiger partial charge on any atom is -0.334 e. The van der Waals surface area contributed by atoms with Crippen molar-refractivity contribution in [1.82, 2.24) is 24.3 Å². The molecule has 0 aromatic carbocycles. The van der Waals surface area contributed by atoms with E-state index in [0.29, 0.717) is 6.54 Å². The molecule has 0 unspecified atom stereocenters. The zero-order valence-corrected chi connectivity index (χ0v) is 12.9. The smallest absolute Gasteiger partial charge is 0.191 e. The quantitative estimate of drug-likeness (QED) is 0.754. The first-order chi connectivity index (χ1) is 9.80. The topological polar surface area (TPSA) is 74.6 Å². The second-order valence-electron chi connectivity index (χ2n) is 4.62. The van der Waals surface area contributed by atoms with Crippen molar-refractivity contribution in [3.63, 3.8) is 0 Å². The first kappa shape index (κ1) is 15.1. The van der Waals surface area contributed by atoms with Crippen LogP contribution in [-0.2, 0) is 25.4 Å². The van der Waals surface area contributed by atoms with Crippen LogP contribution in [0, 0.1) is 0 Å². The highest BCUT2D eigenvalue weighted by atomic mass is 32.2. The van der Waals surface area contributed by atoms with Gasteiger partial charge in [-0.2, -0.15) is 0 Å². The molecule has 0 atom stereocenters. The largest absolute Gasteiger partial charge is 0.334 e. The fraction of sp³-hybridized carbons (Fsp3) is 0.615. The Balaban J connectivity index is 2.06. The molecule has 0 amide bonds. The number of nitrogens with two attached hydrogens (primary N) is 1. The highest BCUT2D eigenvalue weighted by Crippen LogP contribution is 2.22. The number of hydrogen-bond acceptors (Lipinski definition) is 5. The van der Waals surface area contributed by atoms with Gasteiger partial charge in [0.15, 0.2) is 5.16 Å². The molecule has 0 aliphatic rings. The number of aromatic nitrogens is 5. The molecule has 0 spiro atoms. The summed E-state index contributed by atoms with van der Waals surface area (Å²) in [7, 11) is 0. The molecule has 0 aliphatic carbocycles. The van der Waals surface area contributed by atoms with Crippen molar-refractivity contribution >= 4 is 11.8 Å². The summed E-state index contributed by atoms with van der Waals surface area (Å²) in [6, 6.07) is 0. The summed E-state index contributed by atoms with van der Waals surface area (Å²) in [4.78, 5) is 4.22. The zero-order valence-electron chi connectivity index (χ0n) is 12.1. The van der Waals surface area contributed by atoms with Crippen LogP contribution < -0.4 is 5.73 Å². The van der Waals surface area contributed by atoms with Crippen LogP contribution in [0.1, 0.15) is 38.2 Å². The number of imidazole rings is 1. The lowest BCUT2D eigenvalue weighted by Crippen LogP contribution is -2.09. The average molecular weight is 294 g/mol. The summed E-state index contributed by atoms with van der Waals surface area (Å²) in [6.45, 7) is 6.66. The first-order valence-electron chi connectivity index (χ1n) is 7.04. The third-order valence-electron chi connectivity index (χ3n) is 3.04. The van der Waals surface area contributed by atoms with E-state index < -0.39 is 0 Å². The van der Waals surface area contributed by atoms with E-state index in [-0.39, 0.29) is 0 Å². The second-order valence-corrected chi connectivity index (χ2v) is 5.56. The second kappa shape index (κ2) is 7.44. The molecule has 2 N–H and O–H groups in total. The molecule has 20 heavy (non-hydrogen) atoms. The third-order valence-corrected chi connectivity index (χ3v) is 4.04. The van der Waals surface area contributed by atoms with Crippen molar-refractivity contribution in [2.75, 3.05) is 0 Å². The van der Waals surface area contributed by atoms with E-state index in [2.05, 4.69) is 38.2 Å². The van der Waals surface area contributed by atoms with E-state index in [4.69, 9.17) is 5.73 Å². The lowest BCUT2D eigenvalue weighted by atomic mass is 10.4. The zero-order chi connectivity index (χ0) is 14.4. The molecule has 7 heteroatoms. The Morgan fingerprint density at radius 1 is 1.20 bits per heavy atom. The van der Waals surface area contributed by atoms with Gasteiger partial charge in [0.2, 0.25) is 0 Å². The van der Waals surface area contributed by atoms with Crippen LogP contribution in [0.5, 0.6) is 0 Å². The lowest BCUT2D eigenvalue weighted by Gasteiger charge is -2.08. The maximum Gasteiger partial charge on any atom is 0.191 e. The summed E-state index contributed by atoms with van der Waals surface area (Å²) in [5.74, 6) is 1.71. The summed E-state index contributed by atoms with van der Waals surface area (Å²) < 4.78 is 4.31. The molecular weight excluding hydrogens is 272 g/mol. The summed E-state index contributed by atoms with van der Waals surface area (Å²) >= 11 is 1.69. The van der Waals surface area contributed by atoms with Crippen LogP contribution in [0.3, 0.4) is 0 Å². The van der Waals surface area contributed by atoms with E-state index in [1.807, 2.05) is 12.5 Å². The van der Waals surface area contributed by atoms with Gasteiger partial charge in [0.05, 0.1) is 12.9 Å². The van der Waals surface area contributed by atoms with Gasteiger partial charge >= 0.3 is 0 Å². The van der Waals surface area contributed by atoms with Crippen molar-refractivity contribution in [3.8, 4) is 0 Å². The number of thioether (sulfide) groups is 1. The molecule has 2 heterocycles. The molecule has 0 radical (unpaired) electrons. The van der Waals surface area contributed by atoms with Gasteiger partial charge in [-0.25, -0.2) is 4.98 Å². The monoisotopic (exact) mass is 294 g/mol. The van der Waals surface area contributed by atoms with E-state index in [9.17, 15) is 0 Å². The predicted molar refractivity (Wildman–Crippen MR) is 80.3 cm³/mol. The molecule has 0 saturated carbocycles. The minimum atomic E-state index is 0.432. The van der Waals surface area contributed by atoms with E-state index in [1.165, 1.54) is 5.69 Å². The Kier molecular flexibility index (Phi) is 5.60. The fourth-order valence-electron chi connectivity index (χ4n) is 2.07. The molecule has 0 aliphatic heterocycles.